The van der Waals surface area contributed by atoms with E-state index in [9.17, 15) is 17.6 Å². The molecule has 1 heterocycles. The monoisotopic (exact) mass is 418 g/mol. The largest absolute Gasteiger partial charge is 0.326 e. The maximum atomic E-state index is 13.1. The highest BCUT2D eigenvalue weighted by molar-refractivity contribution is 7.89. The molecule has 1 aliphatic rings. The standard InChI is InChI=1S/C22H27FN2O3S/c1-22(2,3)19-6-4-5-7-20(19)24-21(26)16-12-14-25(15-13-16)29(27,28)18-10-8-17(23)9-11-18/h4-11,16H,12-15H2,1-3H3,(H,24,26). The summed E-state index contributed by atoms with van der Waals surface area (Å²) in [6.45, 7) is 6.81. The minimum absolute atomic E-state index is 0.0703. The molecule has 5 nitrogen and oxygen atoms in total. The van der Waals surface area contributed by atoms with E-state index in [0.29, 0.717) is 12.8 Å². The van der Waals surface area contributed by atoms with Crippen molar-refractivity contribution in [2.45, 2.75) is 43.9 Å². The highest BCUT2D eigenvalue weighted by Crippen LogP contribution is 2.31. The van der Waals surface area contributed by atoms with Gasteiger partial charge in [-0.05, 0) is 54.2 Å². The van der Waals surface area contributed by atoms with Gasteiger partial charge in [-0.1, -0.05) is 39.0 Å². The van der Waals surface area contributed by atoms with Gasteiger partial charge in [-0.25, -0.2) is 12.8 Å². The Morgan fingerprint density at radius 2 is 1.62 bits per heavy atom. The Balaban J connectivity index is 1.65. The Morgan fingerprint density at radius 1 is 1.03 bits per heavy atom. The SMILES string of the molecule is CC(C)(C)c1ccccc1NC(=O)C1CCN(S(=O)(=O)c2ccc(F)cc2)CC1. The van der Waals surface area contributed by atoms with Crippen molar-refractivity contribution < 1.29 is 17.6 Å². The number of anilines is 1. The van der Waals surface area contributed by atoms with Crippen LogP contribution in [0, 0.1) is 11.7 Å². The van der Waals surface area contributed by atoms with Crippen molar-refractivity contribution in [3.63, 3.8) is 0 Å². The second kappa shape index (κ2) is 8.24. The van der Waals surface area contributed by atoms with Crippen LogP contribution in [-0.2, 0) is 20.2 Å². The van der Waals surface area contributed by atoms with Crippen LogP contribution in [0.25, 0.3) is 0 Å². The summed E-state index contributed by atoms with van der Waals surface area (Å²) in [6.07, 6.45) is 0.897. The third-order valence-electron chi connectivity index (χ3n) is 5.27. The highest BCUT2D eigenvalue weighted by atomic mass is 32.2. The number of hydrogen-bond acceptors (Lipinski definition) is 3. The van der Waals surface area contributed by atoms with Crippen LogP contribution >= 0.6 is 0 Å². The van der Waals surface area contributed by atoms with E-state index in [1.54, 1.807) is 0 Å². The van der Waals surface area contributed by atoms with Crippen LogP contribution in [0.3, 0.4) is 0 Å². The lowest BCUT2D eigenvalue weighted by atomic mass is 9.85. The Kier molecular flexibility index (Phi) is 6.10. The van der Waals surface area contributed by atoms with Gasteiger partial charge in [-0.15, -0.1) is 0 Å². The Hall–Kier alpha value is -2.25. The lowest BCUT2D eigenvalue weighted by Crippen LogP contribution is -2.41. The molecular weight excluding hydrogens is 391 g/mol. The van der Waals surface area contributed by atoms with Crippen molar-refractivity contribution in [3.8, 4) is 0 Å². The molecule has 0 bridgehead atoms. The summed E-state index contributed by atoms with van der Waals surface area (Å²) in [7, 11) is -3.68. The molecular formula is C22H27FN2O3S. The topological polar surface area (TPSA) is 66.5 Å². The molecule has 0 unspecified atom stereocenters. The van der Waals surface area contributed by atoms with Gasteiger partial charge in [0.25, 0.3) is 0 Å². The third-order valence-corrected chi connectivity index (χ3v) is 7.18. The fourth-order valence-electron chi connectivity index (χ4n) is 3.59. The van der Waals surface area contributed by atoms with Crippen LogP contribution in [0.2, 0.25) is 0 Å². The van der Waals surface area contributed by atoms with E-state index in [1.165, 1.54) is 16.4 Å². The first-order valence-corrected chi connectivity index (χ1v) is 11.2. The van der Waals surface area contributed by atoms with Gasteiger partial charge in [0, 0.05) is 24.7 Å². The zero-order valence-electron chi connectivity index (χ0n) is 17.0. The molecule has 1 aliphatic heterocycles. The van der Waals surface area contributed by atoms with Crippen LogP contribution in [0.5, 0.6) is 0 Å². The number of amides is 1. The normalized spacial score (nSPS) is 16.6. The third kappa shape index (κ3) is 4.85. The zero-order valence-corrected chi connectivity index (χ0v) is 17.8. The minimum Gasteiger partial charge on any atom is -0.326 e. The van der Waals surface area contributed by atoms with Gasteiger partial charge in [0.05, 0.1) is 4.90 Å². The van der Waals surface area contributed by atoms with Crippen LogP contribution < -0.4 is 5.32 Å². The second-order valence-corrected chi connectivity index (χ2v) is 10.4. The lowest BCUT2D eigenvalue weighted by molar-refractivity contribution is -0.120. The lowest BCUT2D eigenvalue weighted by Gasteiger charge is -2.31. The summed E-state index contributed by atoms with van der Waals surface area (Å²) in [5, 5.41) is 3.03. The van der Waals surface area contributed by atoms with Crippen molar-refractivity contribution in [1.29, 1.82) is 0 Å². The number of piperidine rings is 1. The van der Waals surface area contributed by atoms with Crippen molar-refractivity contribution in [1.82, 2.24) is 4.31 Å². The van der Waals surface area contributed by atoms with Crippen molar-refractivity contribution >= 4 is 21.6 Å². The number of sulfonamides is 1. The molecule has 0 spiro atoms. The molecule has 2 aromatic carbocycles. The molecule has 1 fully saturated rings. The van der Waals surface area contributed by atoms with Gasteiger partial charge in [-0.2, -0.15) is 4.31 Å². The molecule has 1 N–H and O–H groups in total. The number of carbonyl (C=O) groups excluding carboxylic acids is 1. The first kappa shape index (κ1) is 21.5. The van der Waals surface area contributed by atoms with E-state index >= 15 is 0 Å². The Morgan fingerprint density at radius 3 is 2.21 bits per heavy atom. The number of halogens is 1. The Bertz CT molecular complexity index is 974. The van der Waals surface area contributed by atoms with E-state index in [1.807, 2.05) is 24.3 Å². The van der Waals surface area contributed by atoms with Gasteiger partial charge >= 0.3 is 0 Å². The minimum atomic E-state index is -3.68. The van der Waals surface area contributed by atoms with Gasteiger partial charge in [0.2, 0.25) is 15.9 Å². The van der Waals surface area contributed by atoms with Crippen LogP contribution in [0.1, 0.15) is 39.2 Å². The second-order valence-electron chi connectivity index (χ2n) is 8.42. The van der Waals surface area contributed by atoms with E-state index in [0.717, 1.165) is 23.4 Å². The van der Waals surface area contributed by atoms with E-state index in [4.69, 9.17) is 0 Å². The van der Waals surface area contributed by atoms with Crippen LogP contribution in [0.15, 0.2) is 53.4 Å². The summed E-state index contributed by atoms with van der Waals surface area (Å²) in [5.41, 5.74) is 1.76. The van der Waals surface area contributed by atoms with E-state index in [-0.39, 0.29) is 35.2 Å². The zero-order chi connectivity index (χ0) is 21.2. The molecule has 29 heavy (non-hydrogen) atoms. The predicted octanol–water partition coefficient (Wildman–Crippen LogP) is 4.16. The number of para-hydroxylation sites is 1. The number of nitrogens with zero attached hydrogens (tertiary/aromatic N) is 1. The fraction of sp³-hybridized carbons (Fsp3) is 0.409. The Labute approximate surface area is 172 Å². The molecule has 1 saturated heterocycles. The summed E-state index contributed by atoms with van der Waals surface area (Å²) in [5.74, 6) is -0.807. The number of carbonyl (C=O) groups is 1. The average Bonchev–Trinajstić information content (AvgIpc) is 2.68. The van der Waals surface area contributed by atoms with Gasteiger partial charge in [-0.3, -0.25) is 4.79 Å². The molecule has 0 atom stereocenters. The molecule has 0 aromatic heterocycles. The number of benzene rings is 2. The molecule has 0 radical (unpaired) electrons. The van der Waals surface area contributed by atoms with Gasteiger partial charge < -0.3 is 5.32 Å². The van der Waals surface area contributed by atoms with Crippen molar-refractivity contribution in [2.75, 3.05) is 18.4 Å². The average molecular weight is 419 g/mol. The summed E-state index contributed by atoms with van der Waals surface area (Å²) >= 11 is 0. The molecule has 156 valence electrons. The van der Waals surface area contributed by atoms with E-state index < -0.39 is 15.8 Å². The van der Waals surface area contributed by atoms with Crippen LogP contribution in [0.4, 0.5) is 10.1 Å². The molecule has 7 heteroatoms. The van der Waals surface area contributed by atoms with Gasteiger partial charge in [0.15, 0.2) is 0 Å². The van der Waals surface area contributed by atoms with Crippen molar-refractivity contribution in [2.24, 2.45) is 5.92 Å². The van der Waals surface area contributed by atoms with E-state index in [2.05, 4.69) is 26.1 Å². The summed E-state index contributed by atoms with van der Waals surface area (Å²) in [4.78, 5) is 12.9. The molecule has 0 aliphatic carbocycles. The highest BCUT2D eigenvalue weighted by Gasteiger charge is 2.32. The summed E-state index contributed by atoms with van der Waals surface area (Å²) in [6, 6.07) is 12.6. The molecule has 2 aromatic rings. The quantitative estimate of drug-likeness (QED) is 0.811. The molecule has 0 saturated carbocycles. The van der Waals surface area contributed by atoms with Crippen molar-refractivity contribution in [3.05, 3.63) is 59.9 Å². The maximum absolute atomic E-state index is 13.1. The number of nitrogens with one attached hydrogen (secondary N) is 1. The van der Waals surface area contributed by atoms with Gasteiger partial charge in [0.1, 0.15) is 5.82 Å². The first-order valence-electron chi connectivity index (χ1n) is 9.75. The molecule has 1 amide bonds. The smallest absolute Gasteiger partial charge is 0.243 e. The molecule has 3 rings (SSSR count). The first-order chi connectivity index (χ1) is 13.6. The van der Waals surface area contributed by atoms with Crippen LogP contribution in [-0.4, -0.2) is 31.7 Å². The maximum Gasteiger partial charge on any atom is 0.243 e. The number of hydrogen-bond donors (Lipinski definition) is 1. The number of rotatable bonds is 4. The predicted molar refractivity (Wildman–Crippen MR) is 112 cm³/mol. The fourth-order valence-corrected chi connectivity index (χ4v) is 5.06. The summed E-state index contributed by atoms with van der Waals surface area (Å²) < 4.78 is 39.9.